The van der Waals surface area contributed by atoms with Crippen LogP contribution in [0.5, 0.6) is 0 Å². The monoisotopic (exact) mass is 347 g/mol. The summed E-state index contributed by atoms with van der Waals surface area (Å²) in [5.74, 6) is 0.477. The van der Waals surface area contributed by atoms with E-state index in [0.717, 1.165) is 5.56 Å². The molecule has 0 spiro atoms. The van der Waals surface area contributed by atoms with Crippen molar-refractivity contribution >= 4 is 46.1 Å². The zero-order valence-corrected chi connectivity index (χ0v) is 14.4. The summed E-state index contributed by atoms with van der Waals surface area (Å²) in [4.78, 5) is 1.31. The van der Waals surface area contributed by atoms with Crippen LogP contribution in [0.1, 0.15) is 30.3 Å². The Labute approximate surface area is 138 Å². The molecule has 0 saturated carbocycles. The van der Waals surface area contributed by atoms with E-state index in [9.17, 15) is 0 Å². The summed E-state index contributed by atoms with van der Waals surface area (Å²) >= 11 is 20.2. The lowest BCUT2D eigenvalue weighted by molar-refractivity contribution is 0.416. The minimum absolute atomic E-state index is 0.279. The molecule has 0 radical (unpaired) electrons. The first-order valence-corrected chi connectivity index (χ1v) is 8.41. The van der Waals surface area contributed by atoms with Crippen LogP contribution in [-0.2, 0) is 6.54 Å². The van der Waals surface area contributed by atoms with E-state index in [4.69, 9.17) is 34.8 Å². The van der Waals surface area contributed by atoms with Gasteiger partial charge in [-0.1, -0.05) is 54.7 Å². The van der Waals surface area contributed by atoms with Crippen molar-refractivity contribution in [3.8, 4) is 0 Å². The Hall–Kier alpha value is -0.250. The number of hydrogen-bond donors (Lipinski definition) is 1. The molecule has 20 heavy (non-hydrogen) atoms. The molecule has 0 fully saturated rings. The first-order valence-electron chi connectivity index (χ1n) is 6.40. The molecule has 1 N–H and O–H groups in total. The van der Waals surface area contributed by atoms with Gasteiger partial charge in [0.15, 0.2) is 0 Å². The molecule has 0 aliphatic heterocycles. The van der Waals surface area contributed by atoms with Gasteiger partial charge in [-0.25, -0.2) is 0 Å². The van der Waals surface area contributed by atoms with Gasteiger partial charge in [-0.3, -0.25) is 0 Å². The molecule has 1 nitrogen and oxygen atoms in total. The molecule has 0 amide bonds. The molecule has 1 aromatic heterocycles. The third kappa shape index (κ3) is 3.69. The fourth-order valence-electron chi connectivity index (χ4n) is 2.08. The summed E-state index contributed by atoms with van der Waals surface area (Å²) in [5, 5.41) is 7.32. The molecule has 1 heterocycles. The van der Waals surface area contributed by atoms with Crippen molar-refractivity contribution in [3.05, 3.63) is 55.2 Å². The number of rotatable bonds is 5. The highest BCUT2D eigenvalue weighted by Gasteiger charge is 2.18. The van der Waals surface area contributed by atoms with E-state index in [1.54, 1.807) is 23.5 Å². The molecule has 0 aliphatic carbocycles. The standard InChI is InChI=1S/C15H16Cl3NS/c1-9(2)15(13-4-3-7-20-13)19-8-10-11(16)5-6-12(17)14(10)18/h3-7,9,15,19H,8H2,1-2H3. The van der Waals surface area contributed by atoms with Crippen molar-refractivity contribution in [3.63, 3.8) is 0 Å². The summed E-state index contributed by atoms with van der Waals surface area (Å²) in [7, 11) is 0. The molecule has 0 aliphatic rings. The van der Waals surface area contributed by atoms with E-state index < -0.39 is 0 Å². The maximum atomic E-state index is 6.23. The van der Waals surface area contributed by atoms with Gasteiger partial charge in [-0.2, -0.15) is 0 Å². The van der Waals surface area contributed by atoms with Crippen LogP contribution >= 0.6 is 46.1 Å². The number of halogens is 3. The molecule has 1 atom stereocenters. The van der Waals surface area contributed by atoms with Gasteiger partial charge in [0.2, 0.25) is 0 Å². The average molecular weight is 349 g/mol. The van der Waals surface area contributed by atoms with Crippen molar-refractivity contribution in [2.24, 2.45) is 5.92 Å². The van der Waals surface area contributed by atoms with Crippen molar-refractivity contribution in [1.82, 2.24) is 5.32 Å². The Kier molecular flexibility index (Phi) is 5.76. The van der Waals surface area contributed by atoms with Gasteiger partial charge in [0, 0.05) is 28.0 Å². The Morgan fingerprint density at radius 3 is 2.40 bits per heavy atom. The van der Waals surface area contributed by atoms with Gasteiger partial charge in [0.1, 0.15) is 0 Å². The van der Waals surface area contributed by atoms with E-state index in [1.165, 1.54) is 4.88 Å². The Balaban J connectivity index is 2.17. The smallest absolute Gasteiger partial charge is 0.0652 e. The van der Waals surface area contributed by atoms with Crippen molar-refractivity contribution in [2.75, 3.05) is 0 Å². The lowest BCUT2D eigenvalue weighted by Crippen LogP contribution is -2.24. The third-order valence-corrected chi connectivity index (χ3v) is 5.31. The van der Waals surface area contributed by atoms with Gasteiger partial charge >= 0.3 is 0 Å². The van der Waals surface area contributed by atoms with Gasteiger partial charge < -0.3 is 5.32 Å². The third-order valence-electron chi connectivity index (χ3n) is 3.15. The minimum Gasteiger partial charge on any atom is -0.305 e. The predicted octanol–water partition coefficient (Wildman–Crippen LogP) is 6.20. The molecule has 0 saturated heterocycles. The molecule has 5 heteroatoms. The second-order valence-corrected chi connectivity index (χ2v) is 7.11. The predicted molar refractivity (Wildman–Crippen MR) is 90.2 cm³/mol. The SMILES string of the molecule is CC(C)C(NCc1c(Cl)ccc(Cl)c1Cl)c1cccs1. The molecular formula is C15H16Cl3NS. The van der Waals surface area contributed by atoms with E-state index in [-0.39, 0.29) is 6.04 Å². The molecule has 108 valence electrons. The van der Waals surface area contributed by atoms with Crippen LogP contribution in [0.2, 0.25) is 15.1 Å². The average Bonchev–Trinajstić information content (AvgIpc) is 2.91. The highest BCUT2D eigenvalue weighted by atomic mass is 35.5. The number of benzene rings is 1. The summed E-state index contributed by atoms with van der Waals surface area (Å²) in [6, 6.07) is 7.98. The van der Waals surface area contributed by atoms with Crippen molar-refractivity contribution < 1.29 is 0 Å². The zero-order valence-electron chi connectivity index (χ0n) is 11.3. The highest BCUT2D eigenvalue weighted by molar-refractivity contribution is 7.10. The van der Waals surface area contributed by atoms with Crippen LogP contribution in [-0.4, -0.2) is 0 Å². The zero-order chi connectivity index (χ0) is 14.7. The van der Waals surface area contributed by atoms with Gasteiger partial charge in [-0.15, -0.1) is 11.3 Å². The van der Waals surface area contributed by atoms with E-state index in [2.05, 4.69) is 36.7 Å². The Morgan fingerprint density at radius 2 is 1.80 bits per heavy atom. The molecular weight excluding hydrogens is 333 g/mol. The number of thiophene rings is 1. The van der Waals surface area contributed by atoms with E-state index in [1.807, 2.05) is 0 Å². The lowest BCUT2D eigenvalue weighted by Gasteiger charge is -2.22. The topological polar surface area (TPSA) is 12.0 Å². The van der Waals surface area contributed by atoms with Crippen LogP contribution < -0.4 is 5.32 Å². The number of hydrogen-bond acceptors (Lipinski definition) is 2. The summed E-state index contributed by atoms with van der Waals surface area (Å²) in [6.45, 7) is 4.98. The lowest BCUT2D eigenvalue weighted by atomic mass is 10.0. The van der Waals surface area contributed by atoms with Gasteiger partial charge in [0.25, 0.3) is 0 Å². The van der Waals surface area contributed by atoms with Gasteiger partial charge in [0.05, 0.1) is 10.0 Å². The molecule has 2 aromatic rings. The summed E-state index contributed by atoms with van der Waals surface area (Å²) in [6.07, 6.45) is 0. The summed E-state index contributed by atoms with van der Waals surface area (Å²) < 4.78 is 0. The maximum absolute atomic E-state index is 6.23. The van der Waals surface area contributed by atoms with Crippen molar-refractivity contribution in [1.29, 1.82) is 0 Å². The second kappa shape index (κ2) is 7.15. The quantitative estimate of drug-likeness (QED) is 0.635. The molecule has 2 rings (SSSR count). The van der Waals surface area contributed by atoms with Crippen molar-refractivity contribution in [2.45, 2.75) is 26.4 Å². The minimum atomic E-state index is 0.279. The fourth-order valence-corrected chi connectivity index (χ4v) is 3.73. The second-order valence-electron chi connectivity index (χ2n) is 4.94. The maximum Gasteiger partial charge on any atom is 0.0652 e. The fraction of sp³-hybridized carbons (Fsp3) is 0.333. The van der Waals surface area contributed by atoms with Crippen LogP contribution in [0.25, 0.3) is 0 Å². The normalized spacial score (nSPS) is 12.9. The van der Waals surface area contributed by atoms with Crippen LogP contribution in [0.3, 0.4) is 0 Å². The summed E-state index contributed by atoms with van der Waals surface area (Å²) in [5.41, 5.74) is 0.850. The van der Waals surface area contributed by atoms with Crippen LogP contribution in [0, 0.1) is 5.92 Å². The molecule has 0 bridgehead atoms. The first-order chi connectivity index (χ1) is 9.50. The van der Waals surface area contributed by atoms with Gasteiger partial charge in [-0.05, 0) is 29.5 Å². The molecule has 1 unspecified atom stereocenters. The first kappa shape index (κ1) is 16.1. The molecule has 1 aromatic carbocycles. The Bertz CT molecular complexity index is 567. The largest absolute Gasteiger partial charge is 0.305 e. The van der Waals surface area contributed by atoms with Crippen LogP contribution in [0.4, 0.5) is 0 Å². The Morgan fingerprint density at radius 1 is 1.10 bits per heavy atom. The van der Waals surface area contributed by atoms with E-state index >= 15 is 0 Å². The van der Waals surface area contributed by atoms with E-state index in [0.29, 0.717) is 27.5 Å². The van der Waals surface area contributed by atoms with Crippen LogP contribution in [0.15, 0.2) is 29.6 Å². The number of nitrogens with one attached hydrogen (secondary N) is 1. The highest BCUT2D eigenvalue weighted by Crippen LogP contribution is 2.33.